The van der Waals surface area contributed by atoms with Crippen molar-refractivity contribution >= 4 is 28.7 Å². The molecule has 2 heterocycles. The minimum Gasteiger partial charge on any atom is -0.286 e. The molecule has 1 aliphatic heterocycles. The van der Waals surface area contributed by atoms with Gasteiger partial charge in [0.2, 0.25) is 0 Å². The van der Waals surface area contributed by atoms with Crippen LogP contribution in [0.1, 0.15) is 31.9 Å². The fourth-order valence-electron chi connectivity index (χ4n) is 4.28. The lowest BCUT2D eigenvalue weighted by Crippen LogP contribution is -2.20. The van der Waals surface area contributed by atoms with Crippen molar-refractivity contribution in [1.82, 2.24) is 0 Å². The summed E-state index contributed by atoms with van der Waals surface area (Å²) in [6.07, 6.45) is 6.44. The van der Waals surface area contributed by atoms with Crippen LogP contribution in [-0.2, 0) is 0 Å². The summed E-state index contributed by atoms with van der Waals surface area (Å²) in [5.74, 6) is 0. The minimum atomic E-state index is 0.0588. The highest BCUT2D eigenvalue weighted by Gasteiger charge is 2.28. The lowest BCUT2D eigenvalue weighted by Gasteiger charge is -2.28. The largest absolute Gasteiger partial charge is 0.286 e. The van der Waals surface area contributed by atoms with Gasteiger partial charge in [0.15, 0.2) is 6.04 Å². The van der Waals surface area contributed by atoms with Gasteiger partial charge < -0.3 is 0 Å². The number of rotatable bonds is 2. The van der Waals surface area contributed by atoms with E-state index in [9.17, 15) is 0 Å². The van der Waals surface area contributed by atoms with E-state index in [0.717, 1.165) is 39.1 Å². The molecule has 0 atom stereocenters. The third-order valence-electron chi connectivity index (χ3n) is 6.11. The monoisotopic (exact) mass is 405 g/mol. The van der Waals surface area contributed by atoms with E-state index in [0.29, 0.717) is 0 Å². The molecule has 0 saturated carbocycles. The van der Waals surface area contributed by atoms with E-state index in [-0.39, 0.29) is 5.41 Å². The van der Waals surface area contributed by atoms with Crippen LogP contribution in [0.15, 0.2) is 89.0 Å². The van der Waals surface area contributed by atoms with E-state index in [1.165, 1.54) is 16.7 Å². The number of hydrogen-bond donors (Lipinski definition) is 0. The van der Waals surface area contributed by atoms with Crippen molar-refractivity contribution in [2.45, 2.75) is 27.7 Å². The van der Waals surface area contributed by atoms with Gasteiger partial charge in [-0.25, -0.2) is 0 Å². The average molecular weight is 406 g/mol. The van der Waals surface area contributed by atoms with Gasteiger partial charge in [-0.1, -0.05) is 98.5 Å². The summed E-state index contributed by atoms with van der Waals surface area (Å²) in [7, 11) is 0. The Labute approximate surface area is 183 Å². The second-order valence-corrected chi connectivity index (χ2v) is 9.33. The summed E-state index contributed by atoms with van der Waals surface area (Å²) in [6, 6.07) is 22.3. The van der Waals surface area contributed by atoms with Crippen LogP contribution in [0.2, 0.25) is 0 Å². The molecule has 0 saturated heterocycles. The smallest absolute Gasteiger partial charge is 0.279 e. The summed E-state index contributed by atoms with van der Waals surface area (Å²) in [5.41, 5.74) is 7.80. The highest BCUT2D eigenvalue weighted by molar-refractivity contribution is 6.07. The maximum Gasteiger partial charge on any atom is 0.279 e. The summed E-state index contributed by atoms with van der Waals surface area (Å²) >= 11 is 0. The second kappa shape index (κ2) is 7.02. The quantitative estimate of drug-likeness (QED) is 0.190. The molecule has 0 bridgehead atoms. The predicted octanol–water partition coefficient (Wildman–Crippen LogP) is 7.65. The first-order chi connectivity index (χ1) is 14.8. The van der Waals surface area contributed by atoms with Crippen molar-refractivity contribution < 1.29 is 8.99 Å². The van der Waals surface area contributed by atoms with Crippen molar-refractivity contribution in [3.05, 3.63) is 102 Å². The Bertz CT molecular complexity index is 1380. The van der Waals surface area contributed by atoms with Crippen LogP contribution in [0.5, 0.6) is 0 Å². The molecule has 154 valence electrons. The van der Waals surface area contributed by atoms with Crippen LogP contribution in [0, 0.1) is 18.4 Å². The maximum absolute atomic E-state index is 6.52. The molecule has 1 aromatic heterocycles. The second-order valence-electron chi connectivity index (χ2n) is 9.33. The number of benzene rings is 3. The van der Waals surface area contributed by atoms with Gasteiger partial charge in [0.1, 0.15) is 6.20 Å². The molecule has 0 aliphatic carbocycles. The SMILES string of the molecule is C=[N+]1C=CC(C(C)(C)C)=C[C-]1c1c(C)ccc2c1[o+][c-]1cc(-c3ccccc3)ccc21. The molecule has 0 N–H and O–H groups in total. The molecule has 2 heteroatoms. The van der Waals surface area contributed by atoms with Gasteiger partial charge in [0.25, 0.3) is 11.2 Å². The molecule has 5 rings (SSSR count). The normalized spacial score (nSPS) is 14.5. The maximum atomic E-state index is 6.52. The Hall–Kier alpha value is -3.52. The number of allylic oxidation sites excluding steroid dienone is 2. The summed E-state index contributed by atoms with van der Waals surface area (Å²) in [4.78, 5) is 0. The van der Waals surface area contributed by atoms with Crippen LogP contribution in [-0.4, -0.2) is 11.3 Å². The molecule has 0 fully saturated rings. The number of furan rings is 1. The number of hydrogen-bond acceptors (Lipinski definition) is 0. The zero-order valence-corrected chi connectivity index (χ0v) is 18.6. The Morgan fingerprint density at radius 3 is 2.45 bits per heavy atom. The van der Waals surface area contributed by atoms with E-state index >= 15 is 0 Å². The zero-order valence-electron chi connectivity index (χ0n) is 18.6. The topological polar surface area (TPSA) is 14.3 Å². The van der Waals surface area contributed by atoms with Crippen molar-refractivity contribution in [3.8, 4) is 11.1 Å². The average Bonchev–Trinajstić information content (AvgIpc) is 3.12. The van der Waals surface area contributed by atoms with E-state index < -0.39 is 0 Å². The van der Waals surface area contributed by atoms with Gasteiger partial charge in [-0.15, -0.1) is 12.1 Å². The van der Waals surface area contributed by atoms with Crippen molar-refractivity contribution in [2.24, 2.45) is 5.41 Å². The Kier molecular flexibility index (Phi) is 4.40. The molecular weight excluding hydrogens is 378 g/mol. The molecule has 2 nitrogen and oxygen atoms in total. The van der Waals surface area contributed by atoms with Gasteiger partial charge in [0.05, 0.1) is 12.3 Å². The Balaban J connectivity index is 1.72. The predicted molar refractivity (Wildman–Crippen MR) is 130 cm³/mol. The van der Waals surface area contributed by atoms with Crippen molar-refractivity contribution in [3.63, 3.8) is 0 Å². The first-order valence-electron chi connectivity index (χ1n) is 10.7. The first kappa shape index (κ1) is 19.4. The lowest BCUT2D eigenvalue weighted by atomic mass is 9.82. The van der Waals surface area contributed by atoms with Gasteiger partial charge >= 0.3 is 0 Å². The minimum absolute atomic E-state index is 0.0588. The fourth-order valence-corrected chi connectivity index (χ4v) is 4.28. The number of nitrogens with zero attached hydrogens (tertiary/aromatic N) is 1. The molecule has 1 aliphatic rings. The van der Waals surface area contributed by atoms with E-state index in [1.807, 2.05) is 16.8 Å². The molecule has 3 aromatic carbocycles. The summed E-state index contributed by atoms with van der Waals surface area (Å²) in [5, 5.41) is 2.27. The van der Waals surface area contributed by atoms with Gasteiger partial charge in [-0.3, -0.25) is 8.99 Å². The molecule has 31 heavy (non-hydrogen) atoms. The zero-order chi connectivity index (χ0) is 21.8. The van der Waals surface area contributed by atoms with E-state index in [1.54, 1.807) is 0 Å². The highest BCUT2D eigenvalue weighted by Crippen LogP contribution is 2.40. The third-order valence-corrected chi connectivity index (χ3v) is 6.11. The van der Waals surface area contributed by atoms with Crippen LogP contribution >= 0.6 is 0 Å². The fraction of sp³-hybridized carbons (Fsp3) is 0.172. The van der Waals surface area contributed by atoms with Crippen LogP contribution in [0.4, 0.5) is 0 Å². The number of aryl methyl sites for hydroxylation is 1. The lowest BCUT2D eigenvalue weighted by molar-refractivity contribution is -0.418. The molecule has 0 amide bonds. The Morgan fingerprint density at radius 2 is 1.71 bits per heavy atom. The summed E-state index contributed by atoms with van der Waals surface area (Å²) in [6.45, 7) is 13.1. The molecule has 0 radical (unpaired) electrons. The molecule has 0 spiro atoms. The molecule has 4 aromatic rings. The number of fused-ring (bicyclic) bond motifs is 3. The third kappa shape index (κ3) is 3.29. The van der Waals surface area contributed by atoms with Crippen LogP contribution in [0.25, 0.3) is 33.1 Å². The van der Waals surface area contributed by atoms with Gasteiger partial charge in [0, 0.05) is 0 Å². The van der Waals surface area contributed by atoms with Gasteiger partial charge in [-0.05, 0) is 28.3 Å². The summed E-state index contributed by atoms with van der Waals surface area (Å²) < 4.78 is 8.46. The van der Waals surface area contributed by atoms with E-state index in [2.05, 4.69) is 101 Å². The van der Waals surface area contributed by atoms with Gasteiger partial charge in [-0.2, -0.15) is 0 Å². The standard InChI is InChI=1S/C29H27NO/c1-19-11-13-24-23-14-12-21(20-9-7-6-8-10-20)17-26(23)31-28(24)27(19)25-18-22(29(2,3)4)15-16-30(25)5/h6-18H,5H2,1-4H3. The van der Waals surface area contributed by atoms with Crippen molar-refractivity contribution in [2.75, 3.05) is 0 Å². The van der Waals surface area contributed by atoms with Crippen LogP contribution in [0.3, 0.4) is 0 Å². The first-order valence-corrected chi connectivity index (χ1v) is 10.7. The Morgan fingerprint density at radius 1 is 0.935 bits per heavy atom. The molecular formula is C29H27NO. The van der Waals surface area contributed by atoms with Crippen molar-refractivity contribution in [1.29, 1.82) is 0 Å². The highest BCUT2D eigenvalue weighted by atomic mass is 16.3. The van der Waals surface area contributed by atoms with Crippen LogP contribution < -0.4 is 0 Å². The molecule has 0 unspecified atom stereocenters. The van der Waals surface area contributed by atoms with E-state index in [4.69, 9.17) is 4.42 Å².